The van der Waals surface area contributed by atoms with Crippen molar-refractivity contribution in [3.63, 3.8) is 0 Å². The van der Waals surface area contributed by atoms with Crippen molar-refractivity contribution in [3.8, 4) is 0 Å². The number of nitrogens with zero attached hydrogens (tertiary/aromatic N) is 1. The SMILES string of the molecule is CC(=CC(=S)c1ccccc1)N(C)C. The van der Waals surface area contributed by atoms with Crippen molar-refractivity contribution in [2.45, 2.75) is 6.92 Å². The molecule has 74 valence electrons. The predicted octanol–water partition coefficient (Wildman–Crippen LogP) is 2.87. The third-order valence-corrected chi connectivity index (χ3v) is 2.46. The van der Waals surface area contributed by atoms with Crippen LogP contribution >= 0.6 is 12.2 Å². The number of hydrogen-bond acceptors (Lipinski definition) is 2. The minimum atomic E-state index is 0.886. The highest BCUT2D eigenvalue weighted by Gasteiger charge is 1.98. The van der Waals surface area contributed by atoms with E-state index in [1.165, 1.54) is 5.70 Å². The Morgan fingerprint density at radius 3 is 2.29 bits per heavy atom. The molecular weight excluding hydrogens is 190 g/mol. The lowest BCUT2D eigenvalue weighted by molar-refractivity contribution is 0.515. The number of allylic oxidation sites excluding steroid dienone is 2. The van der Waals surface area contributed by atoms with E-state index >= 15 is 0 Å². The molecule has 0 aliphatic carbocycles. The molecular formula is C12H15NS. The Morgan fingerprint density at radius 1 is 1.21 bits per heavy atom. The van der Waals surface area contributed by atoms with Gasteiger partial charge in [-0.1, -0.05) is 42.5 Å². The molecule has 0 spiro atoms. The standard InChI is InChI=1S/C12H15NS/c1-10(13(2)3)9-12(14)11-7-5-4-6-8-11/h4-9H,1-3H3. The maximum atomic E-state index is 5.31. The molecule has 0 aromatic heterocycles. The second-order valence-corrected chi connectivity index (χ2v) is 3.85. The van der Waals surface area contributed by atoms with Crippen LogP contribution in [0, 0.1) is 0 Å². The third-order valence-electron chi connectivity index (χ3n) is 2.10. The predicted molar refractivity (Wildman–Crippen MR) is 65.6 cm³/mol. The molecule has 0 heterocycles. The second kappa shape index (κ2) is 4.91. The van der Waals surface area contributed by atoms with E-state index in [1.807, 2.05) is 50.5 Å². The van der Waals surface area contributed by atoms with Gasteiger partial charge in [-0.2, -0.15) is 0 Å². The van der Waals surface area contributed by atoms with Gasteiger partial charge in [0.1, 0.15) is 0 Å². The van der Waals surface area contributed by atoms with Crippen LogP contribution in [0.15, 0.2) is 42.1 Å². The van der Waals surface area contributed by atoms with Gasteiger partial charge in [-0.05, 0) is 18.6 Å². The van der Waals surface area contributed by atoms with Crippen LogP contribution in [-0.2, 0) is 0 Å². The number of rotatable bonds is 3. The molecule has 0 N–H and O–H groups in total. The first kappa shape index (κ1) is 10.9. The maximum Gasteiger partial charge on any atom is 0.0466 e. The monoisotopic (exact) mass is 205 g/mol. The molecule has 0 amide bonds. The molecule has 0 bridgehead atoms. The Kier molecular flexibility index (Phi) is 3.84. The molecule has 1 aromatic carbocycles. The highest BCUT2D eigenvalue weighted by Crippen LogP contribution is 2.05. The fourth-order valence-electron chi connectivity index (χ4n) is 1.00. The lowest BCUT2D eigenvalue weighted by atomic mass is 10.1. The van der Waals surface area contributed by atoms with Gasteiger partial charge in [0.2, 0.25) is 0 Å². The van der Waals surface area contributed by atoms with E-state index in [1.54, 1.807) is 0 Å². The van der Waals surface area contributed by atoms with Crippen LogP contribution < -0.4 is 0 Å². The first-order chi connectivity index (χ1) is 6.61. The average Bonchev–Trinajstić information content (AvgIpc) is 2.19. The molecule has 0 fully saturated rings. The summed E-state index contributed by atoms with van der Waals surface area (Å²) < 4.78 is 0. The van der Waals surface area contributed by atoms with Crippen molar-refractivity contribution in [2.24, 2.45) is 0 Å². The van der Waals surface area contributed by atoms with Crippen molar-refractivity contribution < 1.29 is 0 Å². The molecule has 0 unspecified atom stereocenters. The van der Waals surface area contributed by atoms with Gasteiger partial charge < -0.3 is 4.90 Å². The fraction of sp³-hybridized carbons (Fsp3) is 0.250. The quantitative estimate of drug-likeness (QED) is 0.424. The fourth-order valence-corrected chi connectivity index (χ4v) is 1.31. The average molecular weight is 205 g/mol. The minimum absolute atomic E-state index is 0.886. The van der Waals surface area contributed by atoms with Gasteiger partial charge in [0.05, 0.1) is 0 Å². The molecule has 0 atom stereocenters. The molecule has 0 radical (unpaired) electrons. The number of benzene rings is 1. The van der Waals surface area contributed by atoms with Crippen molar-refractivity contribution >= 4 is 17.1 Å². The first-order valence-corrected chi connectivity index (χ1v) is 4.97. The van der Waals surface area contributed by atoms with Gasteiger partial charge in [0, 0.05) is 24.7 Å². The van der Waals surface area contributed by atoms with E-state index in [0.29, 0.717) is 0 Å². The Morgan fingerprint density at radius 2 is 1.79 bits per heavy atom. The van der Waals surface area contributed by atoms with E-state index in [2.05, 4.69) is 11.8 Å². The summed E-state index contributed by atoms with van der Waals surface area (Å²) >= 11 is 5.31. The largest absolute Gasteiger partial charge is 0.381 e. The van der Waals surface area contributed by atoms with Crippen LogP contribution in [0.2, 0.25) is 0 Å². The second-order valence-electron chi connectivity index (χ2n) is 3.41. The van der Waals surface area contributed by atoms with Crippen molar-refractivity contribution in [1.82, 2.24) is 4.90 Å². The van der Waals surface area contributed by atoms with E-state index in [-0.39, 0.29) is 0 Å². The zero-order valence-electron chi connectivity index (χ0n) is 8.82. The van der Waals surface area contributed by atoms with Crippen LogP contribution in [0.4, 0.5) is 0 Å². The number of thiocarbonyl (C=S) groups is 1. The van der Waals surface area contributed by atoms with Gasteiger partial charge in [-0.15, -0.1) is 0 Å². The maximum absolute atomic E-state index is 5.31. The summed E-state index contributed by atoms with van der Waals surface area (Å²) in [5.74, 6) is 0. The van der Waals surface area contributed by atoms with E-state index < -0.39 is 0 Å². The van der Waals surface area contributed by atoms with Gasteiger partial charge in [0.25, 0.3) is 0 Å². The number of hydrogen-bond donors (Lipinski definition) is 0. The lowest BCUT2D eigenvalue weighted by Crippen LogP contribution is -2.09. The topological polar surface area (TPSA) is 3.24 Å². The lowest BCUT2D eigenvalue weighted by Gasteiger charge is -2.12. The Balaban J connectivity index is 2.83. The highest BCUT2D eigenvalue weighted by atomic mass is 32.1. The summed E-state index contributed by atoms with van der Waals surface area (Å²) in [5, 5.41) is 0. The summed E-state index contributed by atoms with van der Waals surface area (Å²) in [6, 6.07) is 10.1. The molecule has 14 heavy (non-hydrogen) atoms. The zero-order chi connectivity index (χ0) is 10.6. The summed E-state index contributed by atoms with van der Waals surface area (Å²) in [7, 11) is 4.03. The molecule has 0 aliphatic heterocycles. The van der Waals surface area contributed by atoms with Crippen molar-refractivity contribution in [2.75, 3.05) is 14.1 Å². The van der Waals surface area contributed by atoms with Gasteiger partial charge in [0.15, 0.2) is 0 Å². The Hall–Kier alpha value is -1.15. The van der Waals surface area contributed by atoms with Crippen molar-refractivity contribution in [1.29, 1.82) is 0 Å². The molecule has 1 rings (SSSR count). The van der Waals surface area contributed by atoms with Crippen LogP contribution in [0.3, 0.4) is 0 Å². The van der Waals surface area contributed by atoms with Gasteiger partial charge in [-0.3, -0.25) is 0 Å². The molecule has 2 heteroatoms. The van der Waals surface area contributed by atoms with Crippen LogP contribution in [-0.4, -0.2) is 23.9 Å². The zero-order valence-corrected chi connectivity index (χ0v) is 9.64. The molecule has 1 aromatic rings. The summed E-state index contributed by atoms with van der Waals surface area (Å²) in [6.07, 6.45) is 2.02. The van der Waals surface area contributed by atoms with Crippen LogP contribution in [0.1, 0.15) is 12.5 Å². The summed E-state index contributed by atoms with van der Waals surface area (Å²) in [5.41, 5.74) is 2.27. The Labute approximate surface area is 91.1 Å². The first-order valence-electron chi connectivity index (χ1n) is 4.56. The molecule has 0 saturated carbocycles. The Bertz CT molecular complexity index is 339. The minimum Gasteiger partial charge on any atom is -0.381 e. The van der Waals surface area contributed by atoms with Gasteiger partial charge in [-0.25, -0.2) is 0 Å². The van der Waals surface area contributed by atoms with Crippen LogP contribution in [0.5, 0.6) is 0 Å². The van der Waals surface area contributed by atoms with Crippen LogP contribution in [0.25, 0.3) is 0 Å². The smallest absolute Gasteiger partial charge is 0.0466 e. The summed E-state index contributed by atoms with van der Waals surface area (Å²) in [6.45, 7) is 2.05. The normalized spacial score (nSPS) is 11.2. The van der Waals surface area contributed by atoms with Gasteiger partial charge >= 0.3 is 0 Å². The van der Waals surface area contributed by atoms with E-state index in [9.17, 15) is 0 Å². The summed E-state index contributed by atoms with van der Waals surface area (Å²) in [4.78, 5) is 2.94. The molecule has 1 nitrogen and oxygen atoms in total. The van der Waals surface area contributed by atoms with E-state index in [4.69, 9.17) is 12.2 Å². The van der Waals surface area contributed by atoms with E-state index in [0.717, 1.165) is 10.4 Å². The van der Waals surface area contributed by atoms with Crippen molar-refractivity contribution in [3.05, 3.63) is 47.7 Å². The third kappa shape index (κ3) is 2.96. The highest BCUT2D eigenvalue weighted by molar-refractivity contribution is 7.81. The molecule has 0 saturated heterocycles. The molecule has 0 aliphatic rings.